The third-order valence-electron chi connectivity index (χ3n) is 0.716. The molecule has 3 nitrogen and oxygen atoms in total. The van der Waals surface area contributed by atoms with Crippen LogP contribution in [0.2, 0.25) is 0 Å². The van der Waals surface area contributed by atoms with Crippen molar-refractivity contribution in [3.05, 3.63) is 28.8 Å². The van der Waals surface area contributed by atoms with Crippen LogP contribution >= 0.6 is 0 Å². The molecule has 0 radical (unpaired) electrons. The third-order valence-corrected chi connectivity index (χ3v) is 0.716. The van der Waals surface area contributed by atoms with E-state index in [0.717, 1.165) is 12.3 Å². The lowest BCUT2D eigenvalue weighted by atomic mass is 10.5. The fourth-order valence-electron chi connectivity index (χ4n) is 0.342. The first-order chi connectivity index (χ1) is 3.80. The molecule has 0 aliphatic rings. The Bertz CT molecular complexity index is 225. The molecule has 0 spiro atoms. The highest BCUT2D eigenvalue weighted by molar-refractivity contribution is 5.09. The SMILES string of the molecule is O=c1ccocc1[O-]. The second kappa shape index (κ2) is 1.69. The van der Waals surface area contributed by atoms with Crippen LogP contribution in [0, 0.1) is 0 Å². The van der Waals surface area contributed by atoms with Crippen molar-refractivity contribution in [2.75, 3.05) is 0 Å². The molecule has 0 aliphatic carbocycles. The maximum absolute atomic E-state index is 10.2. The van der Waals surface area contributed by atoms with Crippen LogP contribution in [0.1, 0.15) is 0 Å². The first kappa shape index (κ1) is 4.90. The maximum Gasteiger partial charge on any atom is 0.177 e. The summed E-state index contributed by atoms with van der Waals surface area (Å²) < 4.78 is 4.38. The lowest BCUT2D eigenvalue weighted by Crippen LogP contribution is -2.05. The third kappa shape index (κ3) is 0.703. The summed E-state index contributed by atoms with van der Waals surface area (Å²) in [7, 11) is 0. The zero-order valence-electron chi connectivity index (χ0n) is 3.96. The highest BCUT2D eigenvalue weighted by atomic mass is 16.3. The van der Waals surface area contributed by atoms with Gasteiger partial charge in [0.2, 0.25) is 0 Å². The number of hydrogen-bond acceptors (Lipinski definition) is 3. The molecular weight excluding hydrogens is 108 g/mol. The van der Waals surface area contributed by atoms with Crippen molar-refractivity contribution >= 4 is 0 Å². The molecule has 0 aliphatic heterocycles. The summed E-state index contributed by atoms with van der Waals surface area (Å²) in [4.78, 5) is 10.2. The summed E-state index contributed by atoms with van der Waals surface area (Å²) in [6, 6.07) is 1.09. The summed E-state index contributed by atoms with van der Waals surface area (Å²) in [5.74, 6) is -0.604. The van der Waals surface area contributed by atoms with Gasteiger partial charge in [0.25, 0.3) is 0 Å². The fourth-order valence-corrected chi connectivity index (χ4v) is 0.342. The molecule has 1 aromatic heterocycles. The number of rotatable bonds is 0. The molecule has 0 unspecified atom stereocenters. The van der Waals surface area contributed by atoms with Crippen LogP contribution in [0.25, 0.3) is 0 Å². The molecule has 0 bridgehead atoms. The molecule has 0 atom stereocenters. The molecule has 1 aromatic rings. The minimum atomic E-state index is -0.604. The molecule has 1 rings (SSSR count). The quantitative estimate of drug-likeness (QED) is 0.462. The van der Waals surface area contributed by atoms with Gasteiger partial charge in [-0.2, -0.15) is 0 Å². The normalized spacial score (nSPS) is 9.00. The van der Waals surface area contributed by atoms with Crippen molar-refractivity contribution in [2.24, 2.45) is 0 Å². The van der Waals surface area contributed by atoms with Crippen molar-refractivity contribution in [3.8, 4) is 5.75 Å². The summed E-state index contributed by atoms with van der Waals surface area (Å²) in [6.45, 7) is 0. The monoisotopic (exact) mass is 111 g/mol. The average molecular weight is 111 g/mol. The van der Waals surface area contributed by atoms with Crippen LogP contribution in [0.15, 0.2) is 27.8 Å². The predicted molar refractivity (Wildman–Crippen MR) is 24.4 cm³/mol. The second-order valence-corrected chi connectivity index (χ2v) is 1.29. The van der Waals surface area contributed by atoms with Crippen LogP contribution < -0.4 is 10.5 Å². The summed E-state index contributed by atoms with van der Waals surface area (Å²) in [5.41, 5.74) is -0.531. The zero-order valence-corrected chi connectivity index (χ0v) is 3.96. The van der Waals surface area contributed by atoms with E-state index in [1.165, 1.54) is 6.26 Å². The standard InChI is InChI=1S/C5H4O3/c6-4-1-2-8-3-5(4)7/h1-3,7H/p-1. The van der Waals surface area contributed by atoms with Gasteiger partial charge in [-0.25, -0.2) is 0 Å². The molecule has 1 heterocycles. The molecular formula is C5H3O3-. The first-order valence-corrected chi connectivity index (χ1v) is 2.04. The van der Waals surface area contributed by atoms with Gasteiger partial charge in [0.05, 0.1) is 12.5 Å². The molecule has 42 valence electrons. The topological polar surface area (TPSA) is 53.3 Å². The van der Waals surface area contributed by atoms with Crippen molar-refractivity contribution in [1.29, 1.82) is 0 Å². The van der Waals surface area contributed by atoms with Gasteiger partial charge >= 0.3 is 0 Å². The van der Waals surface area contributed by atoms with Crippen LogP contribution in [-0.2, 0) is 0 Å². The van der Waals surface area contributed by atoms with Gasteiger partial charge in [0.15, 0.2) is 5.43 Å². The van der Waals surface area contributed by atoms with Crippen molar-refractivity contribution in [1.82, 2.24) is 0 Å². The highest BCUT2D eigenvalue weighted by Gasteiger charge is 1.79. The first-order valence-electron chi connectivity index (χ1n) is 2.04. The Morgan fingerprint density at radius 3 is 2.75 bits per heavy atom. The van der Waals surface area contributed by atoms with Gasteiger partial charge in [-0.1, -0.05) is 0 Å². The van der Waals surface area contributed by atoms with Crippen LogP contribution in [0.3, 0.4) is 0 Å². The van der Waals surface area contributed by atoms with Crippen LogP contribution in [0.4, 0.5) is 0 Å². The number of hydrogen-bond donors (Lipinski definition) is 0. The molecule has 0 amide bonds. The van der Waals surface area contributed by atoms with Crippen molar-refractivity contribution in [2.45, 2.75) is 0 Å². The molecule has 0 saturated carbocycles. The Balaban J connectivity index is 3.35. The highest BCUT2D eigenvalue weighted by Crippen LogP contribution is 1.89. The van der Waals surface area contributed by atoms with Gasteiger partial charge in [0, 0.05) is 6.07 Å². The Kier molecular flexibility index (Phi) is 1.04. The van der Waals surface area contributed by atoms with E-state index >= 15 is 0 Å². The summed E-state index contributed by atoms with van der Waals surface area (Å²) in [6.07, 6.45) is 2.05. The van der Waals surface area contributed by atoms with Gasteiger partial charge in [0.1, 0.15) is 0 Å². The fraction of sp³-hybridized carbons (Fsp3) is 0. The zero-order chi connectivity index (χ0) is 5.98. The van der Waals surface area contributed by atoms with E-state index < -0.39 is 11.2 Å². The molecule has 3 heteroatoms. The molecule has 0 fully saturated rings. The predicted octanol–water partition coefficient (Wildman–Crippen LogP) is -0.287. The van der Waals surface area contributed by atoms with Crippen LogP contribution in [-0.4, -0.2) is 0 Å². The van der Waals surface area contributed by atoms with Gasteiger partial charge in [-0.3, -0.25) is 4.79 Å². The van der Waals surface area contributed by atoms with E-state index in [1.54, 1.807) is 0 Å². The minimum absolute atomic E-state index is 0.531. The lowest BCUT2D eigenvalue weighted by molar-refractivity contribution is -0.271. The Morgan fingerprint density at radius 2 is 2.38 bits per heavy atom. The molecule has 0 N–H and O–H groups in total. The smallest absolute Gasteiger partial charge is 0.177 e. The molecule has 0 aromatic carbocycles. The summed E-state index contributed by atoms with van der Waals surface area (Å²) in [5, 5.41) is 10.2. The van der Waals surface area contributed by atoms with E-state index in [1.807, 2.05) is 0 Å². The van der Waals surface area contributed by atoms with E-state index in [4.69, 9.17) is 0 Å². The Hall–Kier alpha value is -1.25. The lowest BCUT2D eigenvalue weighted by Gasteiger charge is -1.96. The van der Waals surface area contributed by atoms with Crippen molar-refractivity contribution < 1.29 is 9.52 Å². The van der Waals surface area contributed by atoms with E-state index in [0.29, 0.717) is 0 Å². The van der Waals surface area contributed by atoms with Gasteiger partial charge in [-0.05, 0) is 5.75 Å². The van der Waals surface area contributed by atoms with Gasteiger partial charge < -0.3 is 9.52 Å². The van der Waals surface area contributed by atoms with Gasteiger partial charge in [-0.15, -0.1) is 0 Å². The minimum Gasteiger partial charge on any atom is -0.868 e. The second-order valence-electron chi connectivity index (χ2n) is 1.29. The Morgan fingerprint density at radius 1 is 1.62 bits per heavy atom. The molecule has 8 heavy (non-hydrogen) atoms. The Labute approximate surface area is 45.2 Å². The van der Waals surface area contributed by atoms with E-state index in [2.05, 4.69) is 4.42 Å². The maximum atomic E-state index is 10.2. The largest absolute Gasteiger partial charge is 0.868 e. The van der Waals surface area contributed by atoms with Crippen LogP contribution in [0.5, 0.6) is 5.75 Å². The molecule has 0 saturated heterocycles. The summed E-state index contributed by atoms with van der Waals surface area (Å²) >= 11 is 0. The van der Waals surface area contributed by atoms with E-state index in [-0.39, 0.29) is 0 Å². The van der Waals surface area contributed by atoms with Crippen molar-refractivity contribution in [3.63, 3.8) is 0 Å². The van der Waals surface area contributed by atoms with E-state index in [9.17, 15) is 9.90 Å². The average Bonchev–Trinajstić information content (AvgIpc) is 1.77.